The maximum atomic E-state index is 11.8. The van der Waals surface area contributed by atoms with Crippen LogP contribution in [0.5, 0.6) is 0 Å². The molecular weight excluding hydrogens is 699 g/mol. The molecule has 0 unspecified atom stereocenters. The van der Waals surface area contributed by atoms with Crippen LogP contribution < -0.4 is 0 Å². The smallest absolute Gasteiger partial charge is 0.305 e. The summed E-state index contributed by atoms with van der Waals surface area (Å²) in [6.07, 6.45) is 11.6. The second kappa shape index (κ2) is 48.9. The summed E-state index contributed by atoms with van der Waals surface area (Å²) in [4.78, 5) is 11.8. The third kappa shape index (κ3) is 48.9. The average molecular weight is 775 g/mol. The fraction of sp³-hybridized carbons (Fsp3) is 0.974. The summed E-state index contributed by atoms with van der Waals surface area (Å²) in [5.74, 6) is -0.140. The van der Waals surface area contributed by atoms with Crippen molar-refractivity contribution >= 4 is 5.97 Å². The first-order chi connectivity index (χ1) is 26.3. The third-order valence-corrected chi connectivity index (χ3v) is 7.29. The fourth-order valence-corrected chi connectivity index (χ4v) is 4.44. The molecule has 0 aliphatic carbocycles. The van der Waals surface area contributed by atoms with E-state index in [0.29, 0.717) is 158 Å². The molecule has 0 atom stereocenters. The number of carbonyl (C=O) groups is 1. The van der Waals surface area contributed by atoms with Crippen molar-refractivity contribution in [1.29, 1.82) is 0 Å². The summed E-state index contributed by atoms with van der Waals surface area (Å²) in [5, 5.41) is 0. The van der Waals surface area contributed by atoms with Gasteiger partial charge in [-0.25, -0.2) is 4.39 Å². The van der Waals surface area contributed by atoms with E-state index >= 15 is 0 Å². The minimum Gasteiger partial charge on any atom is -0.463 e. The van der Waals surface area contributed by atoms with Crippen LogP contribution in [0.15, 0.2) is 0 Å². The van der Waals surface area contributed by atoms with Gasteiger partial charge in [0.1, 0.15) is 13.3 Å². The fourth-order valence-electron chi connectivity index (χ4n) is 4.44. The van der Waals surface area contributed by atoms with Crippen molar-refractivity contribution in [3.63, 3.8) is 0 Å². The number of esters is 1. The Labute approximate surface area is 319 Å². The second-order valence-corrected chi connectivity index (χ2v) is 11.8. The predicted molar refractivity (Wildman–Crippen MR) is 199 cm³/mol. The molecule has 0 rings (SSSR count). The molecule has 0 saturated carbocycles. The third-order valence-electron chi connectivity index (χ3n) is 7.29. The van der Waals surface area contributed by atoms with Gasteiger partial charge in [0.15, 0.2) is 0 Å². The quantitative estimate of drug-likeness (QED) is 0.0628. The maximum absolute atomic E-state index is 11.8. The van der Waals surface area contributed by atoms with Crippen LogP contribution in [0, 0.1) is 0 Å². The van der Waals surface area contributed by atoms with Crippen molar-refractivity contribution in [1.82, 2.24) is 0 Å². The molecule has 0 aromatic rings. The summed E-state index contributed by atoms with van der Waals surface area (Å²) in [5.41, 5.74) is 0. The summed E-state index contributed by atoms with van der Waals surface area (Å²) in [6.45, 7) is 13.0. The molecule has 14 nitrogen and oxygen atoms in total. The Morgan fingerprint density at radius 3 is 0.811 bits per heavy atom. The first-order valence-corrected chi connectivity index (χ1v) is 20.0. The molecule has 318 valence electrons. The van der Waals surface area contributed by atoms with Crippen LogP contribution in [0.2, 0.25) is 0 Å². The van der Waals surface area contributed by atoms with Gasteiger partial charge in [-0.05, 0) is 6.42 Å². The first-order valence-electron chi connectivity index (χ1n) is 20.0. The molecule has 0 radical (unpaired) electrons. The van der Waals surface area contributed by atoms with E-state index in [9.17, 15) is 9.18 Å². The molecule has 0 amide bonds. The molecular formula is C38H75FO14. The van der Waals surface area contributed by atoms with Gasteiger partial charge in [0.2, 0.25) is 0 Å². The number of ether oxygens (including phenoxy) is 13. The zero-order valence-electron chi connectivity index (χ0n) is 33.0. The first kappa shape index (κ1) is 51.9. The van der Waals surface area contributed by atoms with Crippen molar-refractivity contribution in [3.05, 3.63) is 0 Å². The minimum absolute atomic E-state index is 0.110. The topological polar surface area (TPSA) is 137 Å². The molecule has 0 N–H and O–H groups in total. The van der Waals surface area contributed by atoms with Crippen LogP contribution in [0.1, 0.15) is 71.1 Å². The average Bonchev–Trinajstić information content (AvgIpc) is 3.16. The van der Waals surface area contributed by atoms with Gasteiger partial charge in [-0.2, -0.15) is 0 Å². The Hall–Kier alpha value is -1.08. The predicted octanol–water partition coefficient (Wildman–Crippen LogP) is 4.62. The standard InChI is InChI=1S/C38H75FO14/c1-2-3-4-5-6-7-8-9-10-11-38(40)53-37-36-52-35-34-51-33-32-50-31-30-49-29-28-48-27-26-47-25-24-46-23-22-45-21-20-44-19-18-43-17-16-42-15-14-41-13-12-39/h2-37H2,1H3. The Balaban J connectivity index is 3.10. The Kier molecular flexibility index (Phi) is 47.9. The molecule has 0 saturated heterocycles. The number of unbranched alkanes of at least 4 members (excludes halogenated alkanes) is 8. The summed E-state index contributed by atoms with van der Waals surface area (Å²) in [7, 11) is 0. The van der Waals surface area contributed by atoms with E-state index in [1.807, 2.05) is 0 Å². The van der Waals surface area contributed by atoms with Crippen LogP contribution in [0.3, 0.4) is 0 Å². The number of hydrogen-bond acceptors (Lipinski definition) is 14. The van der Waals surface area contributed by atoms with Crippen LogP contribution in [0.4, 0.5) is 4.39 Å². The van der Waals surface area contributed by atoms with Crippen molar-refractivity contribution in [2.75, 3.05) is 172 Å². The van der Waals surface area contributed by atoms with Gasteiger partial charge >= 0.3 is 5.97 Å². The zero-order valence-corrected chi connectivity index (χ0v) is 33.0. The number of hydrogen-bond donors (Lipinski definition) is 0. The van der Waals surface area contributed by atoms with E-state index in [0.717, 1.165) is 12.8 Å². The van der Waals surface area contributed by atoms with Crippen molar-refractivity contribution in [2.45, 2.75) is 71.1 Å². The lowest BCUT2D eigenvalue weighted by Crippen LogP contribution is -2.15. The lowest BCUT2D eigenvalue weighted by molar-refractivity contribution is -0.145. The number of rotatable bonds is 48. The monoisotopic (exact) mass is 775 g/mol. The van der Waals surface area contributed by atoms with Gasteiger partial charge in [-0.15, -0.1) is 0 Å². The van der Waals surface area contributed by atoms with E-state index in [-0.39, 0.29) is 19.2 Å². The van der Waals surface area contributed by atoms with E-state index in [2.05, 4.69) is 6.92 Å². The van der Waals surface area contributed by atoms with Crippen molar-refractivity contribution in [3.8, 4) is 0 Å². The van der Waals surface area contributed by atoms with Crippen molar-refractivity contribution in [2.24, 2.45) is 0 Å². The van der Waals surface area contributed by atoms with Gasteiger partial charge in [-0.1, -0.05) is 58.3 Å². The Morgan fingerprint density at radius 2 is 0.547 bits per heavy atom. The van der Waals surface area contributed by atoms with E-state index in [1.54, 1.807) is 0 Å². The van der Waals surface area contributed by atoms with Gasteiger partial charge in [0, 0.05) is 6.42 Å². The molecule has 0 aliphatic heterocycles. The maximum Gasteiger partial charge on any atom is 0.305 e. The molecule has 0 fully saturated rings. The highest BCUT2D eigenvalue weighted by Gasteiger charge is 2.03. The summed E-state index contributed by atoms with van der Waals surface area (Å²) >= 11 is 0. The number of alkyl halides is 1. The number of halogens is 1. The van der Waals surface area contributed by atoms with Crippen LogP contribution >= 0.6 is 0 Å². The Bertz CT molecular complexity index is 683. The highest BCUT2D eigenvalue weighted by Crippen LogP contribution is 2.10. The van der Waals surface area contributed by atoms with Gasteiger partial charge in [-0.3, -0.25) is 4.79 Å². The molecule has 0 aromatic heterocycles. The van der Waals surface area contributed by atoms with E-state index < -0.39 is 6.67 Å². The zero-order chi connectivity index (χ0) is 38.2. The molecule has 0 aliphatic rings. The molecule has 0 bridgehead atoms. The highest BCUT2D eigenvalue weighted by molar-refractivity contribution is 5.69. The summed E-state index contributed by atoms with van der Waals surface area (Å²) in [6, 6.07) is 0. The lowest BCUT2D eigenvalue weighted by Gasteiger charge is -2.09. The largest absolute Gasteiger partial charge is 0.463 e. The van der Waals surface area contributed by atoms with Gasteiger partial charge in [0.05, 0.1) is 159 Å². The normalized spacial score (nSPS) is 11.5. The number of carbonyl (C=O) groups excluding carboxylic acids is 1. The van der Waals surface area contributed by atoms with Crippen LogP contribution in [0.25, 0.3) is 0 Å². The van der Waals surface area contributed by atoms with Crippen LogP contribution in [-0.2, 0) is 66.4 Å². The molecule has 0 aromatic carbocycles. The van der Waals surface area contributed by atoms with Gasteiger partial charge < -0.3 is 61.6 Å². The van der Waals surface area contributed by atoms with Crippen LogP contribution in [-0.4, -0.2) is 178 Å². The van der Waals surface area contributed by atoms with E-state index in [4.69, 9.17) is 61.6 Å². The molecule has 15 heteroatoms. The Morgan fingerprint density at radius 1 is 0.321 bits per heavy atom. The molecule has 53 heavy (non-hydrogen) atoms. The van der Waals surface area contributed by atoms with Crippen molar-refractivity contribution < 1.29 is 70.8 Å². The molecule has 0 spiro atoms. The second-order valence-electron chi connectivity index (χ2n) is 11.8. The minimum atomic E-state index is -0.478. The SMILES string of the molecule is CCCCCCCCCCCC(=O)OCCOCCOCCOCCOCCOCCOCCOCCOCCOCCOCCOCCOCCF. The molecule has 0 heterocycles. The highest BCUT2D eigenvalue weighted by atomic mass is 19.1. The lowest BCUT2D eigenvalue weighted by atomic mass is 10.1. The summed E-state index contributed by atoms with van der Waals surface area (Å²) < 4.78 is 81.9. The van der Waals surface area contributed by atoms with Gasteiger partial charge in [0.25, 0.3) is 0 Å². The van der Waals surface area contributed by atoms with E-state index in [1.165, 1.54) is 44.9 Å².